The van der Waals surface area contributed by atoms with Crippen LogP contribution in [0.4, 0.5) is 0 Å². The Bertz CT molecular complexity index is 254. The summed E-state index contributed by atoms with van der Waals surface area (Å²) < 4.78 is 9.60. The van der Waals surface area contributed by atoms with E-state index in [0.717, 1.165) is 25.7 Å². The second-order valence-corrected chi connectivity index (χ2v) is 4.65. The van der Waals surface area contributed by atoms with E-state index in [1.807, 2.05) is 0 Å². The molecule has 98 valence electrons. The zero-order valence-corrected chi connectivity index (χ0v) is 10.7. The molecule has 1 fully saturated rings. The Kier molecular flexibility index (Phi) is 6.19. The summed E-state index contributed by atoms with van der Waals surface area (Å²) in [5.74, 6) is -1.05. The molecular formula is C13H22O4. The summed E-state index contributed by atoms with van der Waals surface area (Å²) in [7, 11) is 2.81. The Hall–Kier alpha value is -0.900. The predicted octanol–water partition coefficient (Wildman–Crippen LogP) is 1.96. The monoisotopic (exact) mass is 242 g/mol. The molecule has 0 aromatic rings. The van der Waals surface area contributed by atoms with Crippen molar-refractivity contribution in [3.8, 4) is 0 Å². The van der Waals surface area contributed by atoms with Crippen molar-refractivity contribution in [2.45, 2.75) is 38.5 Å². The van der Waals surface area contributed by atoms with Crippen molar-refractivity contribution in [2.24, 2.45) is 11.8 Å². The van der Waals surface area contributed by atoms with E-state index in [4.69, 9.17) is 9.47 Å². The SMILES string of the molecule is COCC(=O)C(C(=O)OC)C1CCCCCC1. The van der Waals surface area contributed by atoms with Gasteiger partial charge in [-0.2, -0.15) is 0 Å². The quantitative estimate of drug-likeness (QED) is 0.420. The zero-order valence-electron chi connectivity index (χ0n) is 10.7. The molecule has 0 amide bonds. The Labute approximate surface area is 103 Å². The van der Waals surface area contributed by atoms with E-state index in [9.17, 15) is 9.59 Å². The highest BCUT2D eigenvalue weighted by molar-refractivity contribution is 5.99. The molecule has 1 atom stereocenters. The minimum atomic E-state index is -0.627. The van der Waals surface area contributed by atoms with Crippen molar-refractivity contribution in [3.05, 3.63) is 0 Å². The lowest BCUT2D eigenvalue weighted by atomic mass is 9.83. The fourth-order valence-electron chi connectivity index (χ4n) is 2.59. The van der Waals surface area contributed by atoms with Gasteiger partial charge in [-0.15, -0.1) is 0 Å². The first-order chi connectivity index (χ1) is 8.20. The third-order valence-electron chi connectivity index (χ3n) is 3.46. The number of Topliss-reactive ketones (excluding diaryl/α,β-unsaturated/α-hetero) is 1. The van der Waals surface area contributed by atoms with Gasteiger partial charge in [0.25, 0.3) is 0 Å². The number of hydrogen-bond acceptors (Lipinski definition) is 4. The van der Waals surface area contributed by atoms with Crippen molar-refractivity contribution in [1.82, 2.24) is 0 Å². The van der Waals surface area contributed by atoms with E-state index < -0.39 is 11.9 Å². The number of ketones is 1. The Morgan fingerprint density at radius 1 is 1.12 bits per heavy atom. The number of ether oxygens (including phenoxy) is 2. The number of methoxy groups -OCH3 is 2. The summed E-state index contributed by atoms with van der Waals surface area (Å²) in [4.78, 5) is 23.7. The third-order valence-corrected chi connectivity index (χ3v) is 3.46. The smallest absolute Gasteiger partial charge is 0.316 e. The average Bonchev–Trinajstić information content (AvgIpc) is 2.58. The normalized spacial score (nSPS) is 19.4. The second kappa shape index (κ2) is 7.43. The van der Waals surface area contributed by atoms with Gasteiger partial charge in [-0.3, -0.25) is 9.59 Å². The van der Waals surface area contributed by atoms with Gasteiger partial charge in [0.15, 0.2) is 5.78 Å². The molecule has 17 heavy (non-hydrogen) atoms. The van der Waals surface area contributed by atoms with Crippen LogP contribution in [0.2, 0.25) is 0 Å². The van der Waals surface area contributed by atoms with Gasteiger partial charge < -0.3 is 9.47 Å². The standard InChI is InChI=1S/C13H22O4/c1-16-9-11(14)12(13(15)17-2)10-7-5-3-4-6-8-10/h10,12H,3-9H2,1-2H3. The van der Waals surface area contributed by atoms with Crippen LogP contribution >= 0.6 is 0 Å². The van der Waals surface area contributed by atoms with Gasteiger partial charge in [-0.1, -0.05) is 25.7 Å². The molecule has 1 aliphatic rings. The van der Waals surface area contributed by atoms with E-state index in [0.29, 0.717) is 0 Å². The van der Waals surface area contributed by atoms with Crippen LogP contribution in [0.15, 0.2) is 0 Å². The highest BCUT2D eigenvalue weighted by Crippen LogP contribution is 2.30. The maximum Gasteiger partial charge on any atom is 0.316 e. The fraction of sp³-hybridized carbons (Fsp3) is 0.846. The highest BCUT2D eigenvalue weighted by atomic mass is 16.5. The maximum absolute atomic E-state index is 11.9. The third kappa shape index (κ3) is 4.11. The molecule has 0 aliphatic heterocycles. The Morgan fingerprint density at radius 3 is 2.18 bits per heavy atom. The van der Waals surface area contributed by atoms with E-state index >= 15 is 0 Å². The summed E-state index contributed by atoms with van der Waals surface area (Å²) in [5.41, 5.74) is 0. The lowest BCUT2D eigenvalue weighted by Gasteiger charge is -2.22. The molecule has 4 heteroatoms. The van der Waals surface area contributed by atoms with Gasteiger partial charge in [0.2, 0.25) is 0 Å². The van der Waals surface area contributed by atoms with Gasteiger partial charge >= 0.3 is 5.97 Å². The Morgan fingerprint density at radius 2 is 1.71 bits per heavy atom. The first-order valence-electron chi connectivity index (χ1n) is 6.30. The molecule has 0 aromatic carbocycles. The van der Waals surface area contributed by atoms with Gasteiger partial charge in [-0.25, -0.2) is 0 Å². The van der Waals surface area contributed by atoms with Gasteiger partial charge in [0, 0.05) is 7.11 Å². The molecule has 1 saturated carbocycles. The number of carbonyl (C=O) groups is 2. The fourth-order valence-corrected chi connectivity index (χ4v) is 2.59. The average molecular weight is 242 g/mol. The molecule has 0 bridgehead atoms. The summed E-state index contributed by atoms with van der Waals surface area (Å²) >= 11 is 0. The van der Waals surface area contributed by atoms with Crippen molar-refractivity contribution in [2.75, 3.05) is 20.8 Å². The van der Waals surface area contributed by atoms with Gasteiger partial charge in [0.05, 0.1) is 7.11 Å². The summed E-state index contributed by atoms with van der Waals surface area (Å²) in [6.45, 7) is -0.00370. The largest absolute Gasteiger partial charge is 0.468 e. The Balaban J connectivity index is 2.72. The second-order valence-electron chi connectivity index (χ2n) is 4.65. The van der Waals surface area contributed by atoms with E-state index in [-0.39, 0.29) is 18.3 Å². The molecule has 0 aromatic heterocycles. The van der Waals surface area contributed by atoms with Crippen LogP contribution in [0.5, 0.6) is 0 Å². The highest BCUT2D eigenvalue weighted by Gasteiger charge is 2.35. The molecule has 0 radical (unpaired) electrons. The van der Waals surface area contributed by atoms with Crippen LogP contribution in [-0.2, 0) is 19.1 Å². The first kappa shape index (κ1) is 14.2. The molecule has 1 unspecified atom stereocenters. The van der Waals surface area contributed by atoms with Crippen LogP contribution in [0.1, 0.15) is 38.5 Å². The molecule has 0 N–H and O–H groups in total. The molecule has 0 saturated heterocycles. The topological polar surface area (TPSA) is 52.6 Å². The summed E-state index contributed by atoms with van der Waals surface area (Å²) in [5, 5.41) is 0. The first-order valence-corrected chi connectivity index (χ1v) is 6.30. The molecule has 4 nitrogen and oxygen atoms in total. The minimum Gasteiger partial charge on any atom is -0.468 e. The molecule has 0 heterocycles. The lowest BCUT2D eigenvalue weighted by Crippen LogP contribution is -2.34. The van der Waals surface area contributed by atoms with Crippen molar-refractivity contribution in [1.29, 1.82) is 0 Å². The summed E-state index contributed by atoms with van der Waals surface area (Å²) in [6.07, 6.45) is 6.47. The van der Waals surface area contributed by atoms with E-state index in [1.54, 1.807) is 0 Å². The van der Waals surface area contributed by atoms with Crippen LogP contribution in [0.3, 0.4) is 0 Å². The lowest BCUT2D eigenvalue weighted by molar-refractivity contribution is -0.153. The number of rotatable bonds is 5. The van der Waals surface area contributed by atoms with Gasteiger partial charge in [-0.05, 0) is 18.8 Å². The van der Waals surface area contributed by atoms with Crippen molar-refractivity contribution >= 4 is 11.8 Å². The zero-order chi connectivity index (χ0) is 12.7. The summed E-state index contributed by atoms with van der Waals surface area (Å²) in [6, 6.07) is 0. The molecule has 1 aliphatic carbocycles. The minimum absolute atomic E-state index is 0.00370. The number of carbonyl (C=O) groups excluding carboxylic acids is 2. The molecule has 1 rings (SSSR count). The van der Waals surface area contributed by atoms with Crippen molar-refractivity contribution < 1.29 is 19.1 Å². The molecular weight excluding hydrogens is 220 g/mol. The molecule has 0 spiro atoms. The van der Waals surface area contributed by atoms with Crippen LogP contribution in [0.25, 0.3) is 0 Å². The van der Waals surface area contributed by atoms with Crippen LogP contribution < -0.4 is 0 Å². The maximum atomic E-state index is 11.9. The van der Waals surface area contributed by atoms with Gasteiger partial charge in [0.1, 0.15) is 12.5 Å². The predicted molar refractivity (Wildman–Crippen MR) is 63.6 cm³/mol. The van der Waals surface area contributed by atoms with Crippen molar-refractivity contribution in [3.63, 3.8) is 0 Å². The number of hydrogen-bond donors (Lipinski definition) is 0. The van der Waals surface area contributed by atoms with Crippen LogP contribution in [0, 0.1) is 11.8 Å². The van der Waals surface area contributed by atoms with E-state index in [1.165, 1.54) is 27.1 Å². The van der Waals surface area contributed by atoms with Crippen LogP contribution in [-0.4, -0.2) is 32.6 Å². The van der Waals surface area contributed by atoms with E-state index in [2.05, 4.69) is 0 Å². The number of esters is 1.